The Morgan fingerprint density at radius 1 is 1.00 bits per heavy atom. The molecule has 6 nitrogen and oxygen atoms in total. The van der Waals surface area contributed by atoms with E-state index in [1.165, 1.54) is 0 Å². The number of phenolic OH excluding ortho intramolecular Hbond substituents is 1. The molecule has 2 aromatic rings. The van der Waals surface area contributed by atoms with Crippen molar-refractivity contribution in [2.75, 3.05) is 0 Å². The van der Waals surface area contributed by atoms with Crippen LogP contribution in [0.5, 0.6) is 17.2 Å². The number of fused-ring (bicyclic) bond motifs is 3. The van der Waals surface area contributed by atoms with Gasteiger partial charge < -0.3 is 14.6 Å². The van der Waals surface area contributed by atoms with Crippen molar-refractivity contribution in [1.29, 1.82) is 0 Å². The lowest BCUT2D eigenvalue weighted by Gasteiger charge is -2.46. The summed E-state index contributed by atoms with van der Waals surface area (Å²) in [7, 11) is 0. The molecule has 1 N–H and O–H groups in total. The predicted octanol–water partition coefficient (Wildman–Crippen LogP) is 6.39. The minimum absolute atomic E-state index is 0.0972. The highest BCUT2D eigenvalue weighted by atomic mass is 16.5. The molecule has 1 aliphatic carbocycles. The maximum absolute atomic E-state index is 13.9. The van der Waals surface area contributed by atoms with E-state index in [2.05, 4.69) is 13.8 Å². The van der Waals surface area contributed by atoms with Crippen molar-refractivity contribution in [3.8, 4) is 17.2 Å². The number of hydrogen-bond acceptors (Lipinski definition) is 6. The van der Waals surface area contributed by atoms with Crippen LogP contribution in [0.15, 0.2) is 41.7 Å². The summed E-state index contributed by atoms with van der Waals surface area (Å²) < 4.78 is 13.0. The van der Waals surface area contributed by atoms with Crippen LogP contribution in [-0.2, 0) is 9.59 Å². The van der Waals surface area contributed by atoms with E-state index in [9.17, 15) is 19.5 Å². The fraction of sp³-hybridized carbons (Fsp3) is 0.452. The standard InChI is InChI=1S/C31H34O6/c1-15(2)13-18-21-25(37-28-22(18)27(34)30(4,5)29(35)31(28,6)7)16(3)24(33)23-19(32)14-20(36-26(21)23)17-11-9-8-10-12-17/h8-12,15,18,20,33H,13-14H2,1-7H3/t18-,20+/m1/s1. The van der Waals surface area contributed by atoms with Crippen LogP contribution in [0.3, 0.4) is 0 Å². The van der Waals surface area contributed by atoms with Crippen molar-refractivity contribution in [2.24, 2.45) is 16.7 Å². The van der Waals surface area contributed by atoms with Gasteiger partial charge >= 0.3 is 0 Å². The fourth-order valence-corrected chi connectivity index (χ4v) is 6.20. The van der Waals surface area contributed by atoms with E-state index in [0.717, 1.165) is 5.56 Å². The maximum Gasteiger partial charge on any atom is 0.175 e. The number of ketones is 3. The van der Waals surface area contributed by atoms with E-state index in [4.69, 9.17) is 9.47 Å². The Morgan fingerprint density at radius 2 is 1.65 bits per heavy atom. The average Bonchev–Trinajstić information content (AvgIpc) is 2.84. The van der Waals surface area contributed by atoms with Gasteiger partial charge in [-0.15, -0.1) is 0 Å². The van der Waals surface area contributed by atoms with Gasteiger partial charge in [0.15, 0.2) is 17.3 Å². The summed E-state index contributed by atoms with van der Waals surface area (Å²) in [5.41, 5.74) is 0.234. The Labute approximate surface area is 217 Å². The van der Waals surface area contributed by atoms with Crippen LogP contribution in [0.2, 0.25) is 0 Å². The van der Waals surface area contributed by atoms with Gasteiger partial charge in [-0.1, -0.05) is 44.2 Å². The predicted molar refractivity (Wildman–Crippen MR) is 139 cm³/mol. The third kappa shape index (κ3) is 3.56. The van der Waals surface area contributed by atoms with Crippen molar-refractivity contribution in [3.05, 3.63) is 63.9 Å². The summed E-state index contributed by atoms with van der Waals surface area (Å²) in [5.74, 6) is -0.129. The third-order valence-corrected chi connectivity index (χ3v) is 8.10. The first-order chi connectivity index (χ1) is 17.3. The molecule has 0 aromatic heterocycles. The maximum atomic E-state index is 13.9. The molecule has 6 heteroatoms. The molecule has 0 saturated heterocycles. The Morgan fingerprint density at radius 3 is 2.27 bits per heavy atom. The smallest absolute Gasteiger partial charge is 0.175 e. The zero-order valence-electron chi connectivity index (χ0n) is 22.5. The number of Topliss-reactive ketones (excluding diaryl/α,β-unsaturated/α-hetero) is 3. The number of benzene rings is 2. The number of allylic oxidation sites excluding steroid dienone is 2. The van der Waals surface area contributed by atoms with Crippen LogP contribution in [0.4, 0.5) is 0 Å². The molecule has 0 spiro atoms. The van der Waals surface area contributed by atoms with E-state index in [1.54, 1.807) is 34.6 Å². The summed E-state index contributed by atoms with van der Waals surface area (Å²) in [6.45, 7) is 12.8. The van der Waals surface area contributed by atoms with Gasteiger partial charge in [-0.3, -0.25) is 14.4 Å². The third-order valence-electron chi connectivity index (χ3n) is 8.10. The van der Waals surface area contributed by atoms with Crippen LogP contribution in [0.25, 0.3) is 0 Å². The molecular formula is C31H34O6. The summed E-state index contributed by atoms with van der Waals surface area (Å²) in [6, 6.07) is 9.51. The Balaban J connectivity index is 1.80. The second kappa shape index (κ2) is 8.30. The van der Waals surface area contributed by atoms with Crippen LogP contribution in [0, 0.1) is 23.7 Å². The van der Waals surface area contributed by atoms with Gasteiger partial charge in [-0.25, -0.2) is 0 Å². The molecule has 0 fully saturated rings. The van der Waals surface area contributed by atoms with Gasteiger partial charge in [-0.2, -0.15) is 0 Å². The van der Waals surface area contributed by atoms with Crippen molar-refractivity contribution in [2.45, 2.75) is 73.3 Å². The van der Waals surface area contributed by atoms with Crippen molar-refractivity contribution in [3.63, 3.8) is 0 Å². The van der Waals surface area contributed by atoms with Crippen molar-refractivity contribution < 1.29 is 29.0 Å². The Kier molecular flexibility index (Phi) is 5.67. The number of aromatic hydroxyl groups is 1. The fourth-order valence-electron chi connectivity index (χ4n) is 6.20. The number of ether oxygens (including phenoxy) is 2. The molecule has 37 heavy (non-hydrogen) atoms. The zero-order chi connectivity index (χ0) is 27.0. The molecule has 0 unspecified atom stereocenters. The first-order valence-electron chi connectivity index (χ1n) is 12.9. The van der Waals surface area contributed by atoms with Gasteiger partial charge in [0, 0.05) is 22.6 Å². The number of phenols is 1. The lowest BCUT2D eigenvalue weighted by atomic mass is 9.59. The summed E-state index contributed by atoms with van der Waals surface area (Å²) in [6.07, 6.45) is 0.157. The molecule has 0 saturated carbocycles. The molecule has 3 aliphatic rings. The minimum Gasteiger partial charge on any atom is -0.507 e. The molecular weight excluding hydrogens is 468 g/mol. The van der Waals surface area contributed by atoms with Gasteiger partial charge in [0.2, 0.25) is 0 Å². The first kappa shape index (κ1) is 25.2. The number of hydrogen-bond donors (Lipinski definition) is 1. The van der Waals surface area contributed by atoms with E-state index in [0.29, 0.717) is 34.6 Å². The lowest BCUT2D eigenvalue weighted by Crippen LogP contribution is -2.51. The number of carbonyl (C=O) groups is 3. The summed E-state index contributed by atoms with van der Waals surface area (Å²) >= 11 is 0. The second-order valence-corrected chi connectivity index (χ2v) is 12.0. The Bertz CT molecular complexity index is 1380. The first-order valence-corrected chi connectivity index (χ1v) is 12.9. The molecule has 2 aromatic carbocycles. The highest BCUT2D eigenvalue weighted by Crippen LogP contribution is 2.60. The topological polar surface area (TPSA) is 89.9 Å². The molecule has 0 radical (unpaired) electrons. The number of carbonyl (C=O) groups excluding carboxylic acids is 3. The van der Waals surface area contributed by atoms with E-state index in [1.807, 2.05) is 30.3 Å². The molecule has 0 bridgehead atoms. The zero-order valence-corrected chi connectivity index (χ0v) is 22.5. The van der Waals surface area contributed by atoms with Gasteiger partial charge in [0.25, 0.3) is 0 Å². The quantitative estimate of drug-likeness (QED) is 0.489. The van der Waals surface area contributed by atoms with Crippen LogP contribution in [0.1, 0.15) is 93.5 Å². The van der Waals surface area contributed by atoms with Gasteiger partial charge in [0.1, 0.15) is 34.7 Å². The van der Waals surface area contributed by atoms with Gasteiger partial charge in [0.05, 0.1) is 17.3 Å². The highest BCUT2D eigenvalue weighted by Gasteiger charge is 2.58. The molecule has 2 aliphatic heterocycles. The van der Waals surface area contributed by atoms with Gasteiger partial charge in [-0.05, 0) is 52.5 Å². The monoisotopic (exact) mass is 502 g/mol. The van der Waals surface area contributed by atoms with E-state index in [-0.39, 0.29) is 46.8 Å². The van der Waals surface area contributed by atoms with E-state index >= 15 is 0 Å². The minimum atomic E-state index is -1.21. The average molecular weight is 503 g/mol. The molecule has 2 heterocycles. The number of rotatable bonds is 3. The SMILES string of the molecule is Cc1c(O)c2c(c3c1OC1=C(C(=O)C(C)(C)C(=O)C1(C)C)[C@@H]3CC(C)C)O[C@H](c1ccccc1)CC2=O. The van der Waals surface area contributed by atoms with Crippen LogP contribution < -0.4 is 9.47 Å². The molecule has 2 atom stereocenters. The Hall–Kier alpha value is -3.41. The largest absolute Gasteiger partial charge is 0.507 e. The van der Waals surface area contributed by atoms with Crippen LogP contribution >= 0.6 is 0 Å². The summed E-state index contributed by atoms with van der Waals surface area (Å²) in [4.78, 5) is 40.8. The molecule has 194 valence electrons. The highest BCUT2D eigenvalue weighted by molar-refractivity contribution is 6.20. The second-order valence-electron chi connectivity index (χ2n) is 12.0. The molecule has 0 amide bonds. The van der Waals surface area contributed by atoms with Crippen molar-refractivity contribution >= 4 is 17.3 Å². The lowest BCUT2D eigenvalue weighted by molar-refractivity contribution is -0.144. The van der Waals surface area contributed by atoms with Crippen LogP contribution in [-0.4, -0.2) is 22.5 Å². The molecule has 5 rings (SSSR count). The van der Waals surface area contributed by atoms with Crippen molar-refractivity contribution in [1.82, 2.24) is 0 Å². The summed E-state index contributed by atoms with van der Waals surface area (Å²) in [5, 5.41) is 11.2. The normalized spacial score (nSPS) is 23.7. The van der Waals surface area contributed by atoms with E-state index < -0.39 is 22.9 Å².